The van der Waals surface area contributed by atoms with Gasteiger partial charge in [0, 0.05) is 24.3 Å². The van der Waals surface area contributed by atoms with Crippen LogP contribution in [-0.2, 0) is 10.5 Å². The summed E-state index contributed by atoms with van der Waals surface area (Å²) in [6.07, 6.45) is 1.54. The molecule has 0 bridgehead atoms. The SMILES string of the molecule is O=[N+]([O-])c1ccc(CSc2ncnc3c2ncn3[C@H]2C[C@H](O)[C@@H](CO)O2)cc1. The van der Waals surface area contributed by atoms with Gasteiger partial charge in [-0.1, -0.05) is 23.9 Å². The number of thioether (sulfide) groups is 1. The van der Waals surface area contributed by atoms with Gasteiger partial charge in [0.05, 0.1) is 24.0 Å². The van der Waals surface area contributed by atoms with Crippen molar-refractivity contribution in [2.24, 2.45) is 0 Å². The highest BCUT2D eigenvalue weighted by molar-refractivity contribution is 7.98. The third-order valence-corrected chi connectivity index (χ3v) is 5.59. The quantitative estimate of drug-likeness (QED) is 0.272. The molecule has 1 aliphatic heterocycles. The lowest BCUT2D eigenvalue weighted by Crippen LogP contribution is -2.24. The van der Waals surface area contributed by atoms with Gasteiger partial charge < -0.3 is 14.9 Å². The molecule has 1 aromatic carbocycles. The zero-order valence-corrected chi connectivity index (χ0v) is 15.4. The first kappa shape index (κ1) is 18.7. The number of hydrogen-bond donors (Lipinski definition) is 2. The van der Waals surface area contributed by atoms with Crippen LogP contribution in [0.1, 0.15) is 18.2 Å². The minimum absolute atomic E-state index is 0.0526. The van der Waals surface area contributed by atoms with Gasteiger partial charge in [-0.3, -0.25) is 14.7 Å². The number of rotatable bonds is 6. The van der Waals surface area contributed by atoms with Crippen molar-refractivity contribution in [2.75, 3.05) is 6.61 Å². The van der Waals surface area contributed by atoms with Crippen molar-refractivity contribution in [1.82, 2.24) is 19.5 Å². The normalized spacial score (nSPS) is 22.0. The zero-order chi connectivity index (χ0) is 19.7. The first-order chi connectivity index (χ1) is 13.6. The second-order valence-electron chi connectivity index (χ2n) is 6.33. The molecule has 1 saturated heterocycles. The third kappa shape index (κ3) is 3.56. The Balaban J connectivity index is 1.53. The summed E-state index contributed by atoms with van der Waals surface area (Å²) in [5.41, 5.74) is 2.17. The lowest BCUT2D eigenvalue weighted by molar-refractivity contribution is -0.384. The van der Waals surface area contributed by atoms with E-state index < -0.39 is 23.4 Å². The van der Waals surface area contributed by atoms with E-state index in [-0.39, 0.29) is 12.3 Å². The molecule has 0 saturated carbocycles. The van der Waals surface area contributed by atoms with Gasteiger partial charge in [-0.15, -0.1) is 0 Å². The Morgan fingerprint density at radius 1 is 1.29 bits per heavy atom. The summed E-state index contributed by atoms with van der Waals surface area (Å²) in [5, 5.41) is 30.6. The van der Waals surface area contributed by atoms with E-state index in [1.54, 1.807) is 23.0 Å². The molecule has 3 atom stereocenters. The summed E-state index contributed by atoms with van der Waals surface area (Å²) in [5.74, 6) is 0.572. The molecule has 4 rings (SSSR count). The van der Waals surface area contributed by atoms with E-state index in [2.05, 4.69) is 15.0 Å². The lowest BCUT2D eigenvalue weighted by Gasteiger charge is -2.13. The smallest absolute Gasteiger partial charge is 0.269 e. The Hall–Kier alpha value is -2.60. The van der Waals surface area contributed by atoms with Gasteiger partial charge in [0.1, 0.15) is 29.2 Å². The molecule has 28 heavy (non-hydrogen) atoms. The number of ether oxygens (including phenoxy) is 1. The van der Waals surface area contributed by atoms with Crippen LogP contribution in [-0.4, -0.2) is 53.5 Å². The summed E-state index contributed by atoms with van der Waals surface area (Å²) < 4.78 is 7.40. The third-order valence-electron chi connectivity index (χ3n) is 4.54. The van der Waals surface area contributed by atoms with Gasteiger partial charge in [0.15, 0.2) is 5.65 Å². The first-order valence-corrected chi connectivity index (χ1v) is 9.53. The molecule has 0 unspecified atom stereocenters. The molecule has 1 fully saturated rings. The fourth-order valence-electron chi connectivity index (χ4n) is 3.06. The van der Waals surface area contributed by atoms with Crippen LogP contribution in [0.5, 0.6) is 0 Å². The van der Waals surface area contributed by atoms with Gasteiger partial charge in [0.2, 0.25) is 0 Å². The van der Waals surface area contributed by atoms with Crippen molar-refractivity contribution in [3.63, 3.8) is 0 Å². The second kappa shape index (κ2) is 7.80. The summed E-state index contributed by atoms with van der Waals surface area (Å²) in [6, 6.07) is 6.37. The van der Waals surface area contributed by atoms with Crippen LogP contribution in [0.25, 0.3) is 11.2 Å². The molecule has 1 aliphatic rings. The van der Waals surface area contributed by atoms with Crippen molar-refractivity contribution >= 4 is 28.6 Å². The van der Waals surface area contributed by atoms with Crippen LogP contribution in [0.4, 0.5) is 5.69 Å². The molecule has 2 aromatic heterocycles. The van der Waals surface area contributed by atoms with Crippen LogP contribution >= 0.6 is 11.8 Å². The molecule has 146 valence electrons. The molecule has 0 amide bonds. The predicted octanol–water partition coefficient (Wildman–Crippen LogP) is 1.67. The Bertz CT molecular complexity index is 995. The van der Waals surface area contributed by atoms with Crippen molar-refractivity contribution in [3.8, 4) is 0 Å². The topological polar surface area (TPSA) is 136 Å². The average Bonchev–Trinajstić information content (AvgIpc) is 3.30. The van der Waals surface area contributed by atoms with Gasteiger partial charge in [0.25, 0.3) is 5.69 Å². The molecule has 0 radical (unpaired) electrons. The van der Waals surface area contributed by atoms with Crippen LogP contribution in [0.15, 0.2) is 41.9 Å². The minimum atomic E-state index is -0.745. The number of hydrogen-bond acceptors (Lipinski definition) is 9. The Morgan fingerprint density at radius 3 is 2.75 bits per heavy atom. The molecule has 0 aliphatic carbocycles. The summed E-state index contributed by atoms with van der Waals surface area (Å²) in [6.45, 7) is -0.254. The number of imidazole rings is 1. The van der Waals surface area contributed by atoms with E-state index in [0.29, 0.717) is 28.4 Å². The van der Waals surface area contributed by atoms with E-state index in [1.165, 1.54) is 30.2 Å². The molecule has 11 heteroatoms. The Kier molecular flexibility index (Phi) is 5.22. The lowest BCUT2D eigenvalue weighted by atomic mass is 10.2. The van der Waals surface area contributed by atoms with Gasteiger partial charge in [-0.05, 0) is 5.56 Å². The van der Waals surface area contributed by atoms with E-state index in [9.17, 15) is 20.3 Å². The number of benzene rings is 1. The summed E-state index contributed by atoms with van der Waals surface area (Å²) in [4.78, 5) is 23.3. The maximum absolute atomic E-state index is 10.7. The fraction of sp³-hybridized carbons (Fsp3) is 0.353. The molecule has 3 heterocycles. The van der Waals surface area contributed by atoms with Crippen LogP contribution in [0, 0.1) is 10.1 Å². The number of nitro benzene ring substituents is 1. The van der Waals surface area contributed by atoms with Crippen molar-refractivity contribution < 1.29 is 19.9 Å². The highest BCUT2D eigenvalue weighted by atomic mass is 32.2. The fourth-order valence-corrected chi connectivity index (χ4v) is 3.96. The zero-order valence-electron chi connectivity index (χ0n) is 14.6. The van der Waals surface area contributed by atoms with Crippen LogP contribution in [0.2, 0.25) is 0 Å². The van der Waals surface area contributed by atoms with Gasteiger partial charge in [-0.2, -0.15) is 0 Å². The number of aliphatic hydroxyl groups excluding tert-OH is 2. The van der Waals surface area contributed by atoms with E-state index in [1.807, 2.05) is 0 Å². The Labute approximate surface area is 163 Å². The highest BCUT2D eigenvalue weighted by Gasteiger charge is 2.35. The Morgan fingerprint density at radius 2 is 2.07 bits per heavy atom. The number of nitrogens with zero attached hydrogens (tertiary/aromatic N) is 5. The predicted molar refractivity (Wildman–Crippen MR) is 99.6 cm³/mol. The van der Waals surface area contributed by atoms with Crippen molar-refractivity contribution in [2.45, 2.75) is 35.6 Å². The van der Waals surface area contributed by atoms with Crippen LogP contribution < -0.4 is 0 Å². The molecule has 3 aromatic rings. The number of aromatic nitrogens is 4. The molecule has 2 N–H and O–H groups in total. The van der Waals surface area contributed by atoms with Crippen molar-refractivity contribution in [1.29, 1.82) is 0 Å². The van der Waals surface area contributed by atoms with Crippen LogP contribution in [0.3, 0.4) is 0 Å². The maximum atomic E-state index is 10.7. The summed E-state index contributed by atoms with van der Waals surface area (Å²) in [7, 11) is 0. The maximum Gasteiger partial charge on any atom is 0.269 e. The minimum Gasteiger partial charge on any atom is -0.394 e. The van der Waals surface area contributed by atoms with Gasteiger partial charge >= 0.3 is 0 Å². The van der Waals surface area contributed by atoms with E-state index in [0.717, 1.165) is 5.56 Å². The van der Waals surface area contributed by atoms with Crippen molar-refractivity contribution in [3.05, 3.63) is 52.6 Å². The summed E-state index contributed by atoms with van der Waals surface area (Å²) >= 11 is 1.45. The number of fused-ring (bicyclic) bond motifs is 1. The molecular formula is C17H17N5O5S. The average molecular weight is 403 g/mol. The largest absolute Gasteiger partial charge is 0.394 e. The van der Waals surface area contributed by atoms with E-state index in [4.69, 9.17) is 4.74 Å². The standard InChI is InChI=1S/C17H17N5O5S/c23-6-13-12(24)5-14(27-13)21-9-20-15-16(21)18-8-19-17(15)28-7-10-1-3-11(4-2-10)22(25)26/h1-4,8-9,12-14,23-24H,5-7H2/t12-,13+,14+/m0/s1. The molecular weight excluding hydrogens is 386 g/mol. The second-order valence-corrected chi connectivity index (χ2v) is 7.29. The molecule has 0 spiro atoms. The molecule has 10 nitrogen and oxygen atoms in total. The number of aliphatic hydroxyl groups is 2. The monoisotopic (exact) mass is 403 g/mol. The first-order valence-electron chi connectivity index (χ1n) is 8.55. The highest BCUT2D eigenvalue weighted by Crippen LogP contribution is 2.33. The number of non-ortho nitro benzene ring substituents is 1. The van der Waals surface area contributed by atoms with Gasteiger partial charge in [-0.25, -0.2) is 15.0 Å². The number of nitro groups is 1. The van der Waals surface area contributed by atoms with E-state index >= 15 is 0 Å².